The molecule has 1 amide bonds. The number of carbonyl (C=O) groups excluding carboxylic acids is 1. The fraction of sp³-hybridized carbons (Fsp3) is 0.0667. The van der Waals surface area contributed by atoms with Crippen LogP contribution in [0.4, 0.5) is 5.69 Å². The summed E-state index contributed by atoms with van der Waals surface area (Å²) in [6.07, 6.45) is 1.06. The number of hydrazone groups is 1. The van der Waals surface area contributed by atoms with Gasteiger partial charge in [0.05, 0.1) is 16.7 Å². The first kappa shape index (κ1) is 16.1. The molecule has 0 atom stereocenters. The van der Waals surface area contributed by atoms with E-state index in [1.807, 2.05) is 6.07 Å². The molecule has 0 aliphatic rings. The molecule has 1 heterocycles. The highest BCUT2D eigenvalue weighted by molar-refractivity contribution is 5.86. The largest absolute Gasteiger partial charge is 0.872 e. The summed E-state index contributed by atoms with van der Waals surface area (Å²) in [7, 11) is 0. The lowest BCUT2D eigenvalue weighted by Crippen LogP contribution is -2.23. The van der Waals surface area contributed by atoms with E-state index in [9.17, 15) is 20.0 Å². The Bertz CT molecular complexity index is 981. The second-order valence-corrected chi connectivity index (χ2v) is 5.01. The summed E-state index contributed by atoms with van der Waals surface area (Å²) in [4.78, 5) is 22.0. The van der Waals surface area contributed by atoms with Crippen molar-refractivity contribution in [2.75, 3.05) is 0 Å². The topological polar surface area (TPSA) is 138 Å². The minimum Gasteiger partial charge on any atom is -0.872 e. The molecule has 3 rings (SSSR count). The number of nitro groups is 1. The second-order valence-electron chi connectivity index (χ2n) is 5.01. The van der Waals surface area contributed by atoms with Gasteiger partial charge in [0.2, 0.25) is 0 Å². The van der Waals surface area contributed by atoms with Crippen LogP contribution in [0.3, 0.4) is 0 Å². The van der Waals surface area contributed by atoms with Gasteiger partial charge in [0.25, 0.3) is 11.6 Å². The predicted molar refractivity (Wildman–Crippen MR) is 85.8 cm³/mol. The average molecular weight is 339 g/mol. The molecule has 0 saturated carbocycles. The molecule has 0 aliphatic carbocycles. The van der Waals surface area contributed by atoms with Crippen LogP contribution in [0.25, 0.3) is 11.0 Å². The fourth-order valence-corrected chi connectivity index (χ4v) is 2.13. The Kier molecular flexibility index (Phi) is 4.33. The predicted octanol–water partition coefficient (Wildman–Crippen LogP) is 0.563. The highest BCUT2D eigenvalue weighted by atomic mass is 16.6. The van der Waals surface area contributed by atoms with Crippen LogP contribution in [0.2, 0.25) is 0 Å². The number of para-hydroxylation sites is 1. The summed E-state index contributed by atoms with van der Waals surface area (Å²) >= 11 is 0. The average Bonchev–Trinajstić information content (AvgIpc) is 2.99. The zero-order valence-electron chi connectivity index (χ0n) is 12.7. The van der Waals surface area contributed by atoms with E-state index in [4.69, 9.17) is 0 Å². The van der Waals surface area contributed by atoms with Gasteiger partial charge in [-0.05, 0) is 17.7 Å². The van der Waals surface area contributed by atoms with Gasteiger partial charge in [-0.3, -0.25) is 14.9 Å². The van der Waals surface area contributed by atoms with Crippen molar-refractivity contribution in [3.63, 3.8) is 0 Å². The van der Waals surface area contributed by atoms with Gasteiger partial charge in [0.1, 0.15) is 12.1 Å². The van der Waals surface area contributed by atoms with E-state index in [1.54, 1.807) is 18.2 Å². The van der Waals surface area contributed by atoms with E-state index >= 15 is 0 Å². The van der Waals surface area contributed by atoms with Gasteiger partial charge in [-0.25, -0.2) is 10.1 Å². The summed E-state index contributed by atoms with van der Waals surface area (Å²) in [6.45, 7) is -0.114. The Labute approximate surface area is 140 Å². The maximum Gasteiger partial charge on any atom is 0.270 e. The number of nitrogens with one attached hydrogen (secondary N) is 1. The molecule has 0 spiro atoms. The number of amides is 1. The molecule has 0 saturated heterocycles. The smallest absolute Gasteiger partial charge is 0.270 e. The molecule has 25 heavy (non-hydrogen) atoms. The van der Waals surface area contributed by atoms with Crippen molar-refractivity contribution < 1.29 is 14.8 Å². The van der Waals surface area contributed by atoms with Gasteiger partial charge in [0, 0.05) is 12.1 Å². The number of fused-ring (bicyclic) bond motifs is 1. The van der Waals surface area contributed by atoms with Gasteiger partial charge in [-0.1, -0.05) is 29.2 Å². The number of aromatic nitrogens is 3. The fourth-order valence-electron chi connectivity index (χ4n) is 2.13. The van der Waals surface area contributed by atoms with E-state index < -0.39 is 16.6 Å². The molecule has 1 aromatic heterocycles. The molecule has 0 unspecified atom stereocenters. The van der Waals surface area contributed by atoms with Gasteiger partial charge in [-0.15, -0.1) is 5.10 Å². The Balaban J connectivity index is 1.67. The van der Waals surface area contributed by atoms with E-state index in [0.717, 1.165) is 24.4 Å². The maximum atomic E-state index is 11.9. The van der Waals surface area contributed by atoms with Crippen LogP contribution in [0.5, 0.6) is 5.75 Å². The Morgan fingerprint density at radius 1 is 1.32 bits per heavy atom. The number of nitrogens with zero attached hydrogens (tertiary/aromatic N) is 5. The number of rotatable bonds is 5. The van der Waals surface area contributed by atoms with Crippen molar-refractivity contribution in [3.05, 3.63) is 58.1 Å². The third-order valence-corrected chi connectivity index (χ3v) is 3.31. The van der Waals surface area contributed by atoms with Crippen LogP contribution >= 0.6 is 0 Å². The van der Waals surface area contributed by atoms with Gasteiger partial charge < -0.3 is 5.11 Å². The molecule has 0 bridgehead atoms. The number of hydrogen-bond acceptors (Lipinski definition) is 7. The summed E-state index contributed by atoms with van der Waals surface area (Å²) < 4.78 is 1.41. The number of benzene rings is 2. The lowest BCUT2D eigenvalue weighted by molar-refractivity contribution is -0.385. The van der Waals surface area contributed by atoms with E-state index in [-0.39, 0.29) is 17.8 Å². The number of nitro benzene ring substituents is 1. The summed E-state index contributed by atoms with van der Waals surface area (Å²) in [5, 5.41) is 33.8. The van der Waals surface area contributed by atoms with E-state index in [0.29, 0.717) is 11.0 Å². The number of hydrogen-bond donors (Lipinski definition) is 1. The summed E-state index contributed by atoms with van der Waals surface area (Å²) in [6, 6.07) is 10.4. The van der Waals surface area contributed by atoms with E-state index in [1.165, 1.54) is 4.68 Å². The lowest BCUT2D eigenvalue weighted by atomic mass is 10.2. The molecule has 2 aromatic carbocycles. The summed E-state index contributed by atoms with van der Waals surface area (Å²) in [5.74, 6) is -0.921. The molecule has 0 fully saturated rings. The molecule has 1 N–H and O–H groups in total. The Morgan fingerprint density at radius 3 is 2.92 bits per heavy atom. The first-order valence-electron chi connectivity index (χ1n) is 7.10. The van der Waals surface area contributed by atoms with Crippen LogP contribution in [-0.4, -0.2) is 32.0 Å². The van der Waals surface area contributed by atoms with Gasteiger partial charge in [-0.2, -0.15) is 5.10 Å². The normalized spacial score (nSPS) is 11.0. The van der Waals surface area contributed by atoms with Crippen molar-refractivity contribution >= 4 is 28.8 Å². The molecular formula is C15H11N6O4-. The first-order valence-corrected chi connectivity index (χ1v) is 7.10. The van der Waals surface area contributed by atoms with Crippen LogP contribution < -0.4 is 10.5 Å². The molecule has 10 heteroatoms. The second kappa shape index (κ2) is 6.74. The van der Waals surface area contributed by atoms with Crippen LogP contribution in [0.1, 0.15) is 5.56 Å². The molecule has 0 aliphatic heterocycles. The highest BCUT2D eigenvalue weighted by Gasteiger charge is 2.08. The molecule has 126 valence electrons. The number of non-ortho nitro benzene ring substituents is 1. The zero-order valence-corrected chi connectivity index (χ0v) is 12.7. The van der Waals surface area contributed by atoms with Crippen molar-refractivity contribution in [2.24, 2.45) is 5.10 Å². The molecule has 0 radical (unpaired) electrons. The van der Waals surface area contributed by atoms with Crippen molar-refractivity contribution in [3.8, 4) is 5.75 Å². The summed E-state index contributed by atoms with van der Waals surface area (Å²) in [5.41, 5.74) is 3.36. The first-order chi connectivity index (χ1) is 12.0. The quantitative estimate of drug-likeness (QED) is 0.409. The molecular weight excluding hydrogens is 328 g/mol. The van der Waals surface area contributed by atoms with Crippen molar-refractivity contribution in [1.82, 2.24) is 20.4 Å². The number of carbonyl (C=O) groups is 1. The monoisotopic (exact) mass is 339 g/mol. The molecule has 3 aromatic rings. The van der Waals surface area contributed by atoms with Gasteiger partial charge in [0.15, 0.2) is 0 Å². The van der Waals surface area contributed by atoms with Crippen LogP contribution in [0, 0.1) is 10.1 Å². The van der Waals surface area contributed by atoms with Crippen molar-refractivity contribution in [1.29, 1.82) is 0 Å². The Hall–Kier alpha value is -3.82. The SMILES string of the molecule is O=C(Cn1nnc2ccccc21)N/N=C\c1cc([N+](=O)[O-])ccc1[O-]. The van der Waals surface area contributed by atoms with Gasteiger partial charge >= 0.3 is 0 Å². The van der Waals surface area contributed by atoms with E-state index in [2.05, 4.69) is 20.8 Å². The standard InChI is InChI=1S/C15H12N6O4/c22-14-6-5-11(21(24)25)7-10(14)8-16-18-15(23)9-20-13-4-2-1-3-12(13)17-19-20/h1-8,22H,9H2,(H,18,23)/p-1/b16-8-. The minimum absolute atomic E-state index is 0.000653. The van der Waals surface area contributed by atoms with Crippen molar-refractivity contribution in [2.45, 2.75) is 6.54 Å². The third kappa shape index (κ3) is 3.58. The lowest BCUT2D eigenvalue weighted by Gasteiger charge is -2.08. The minimum atomic E-state index is -0.620. The third-order valence-electron chi connectivity index (χ3n) is 3.31. The molecule has 10 nitrogen and oxygen atoms in total. The zero-order chi connectivity index (χ0) is 17.8. The van der Waals surface area contributed by atoms with Crippen LogP contribution in [0.15, 0.2) is 47.6 Å². The maximum absolute atomic E-state index is 11.9. The Morgan fingerprint density at radius 2 is 2.12 bits per heavy atom. The highest BCUT2D eigenvalue weighted by Crippen LogP contribution is 2.19. The van der Waals surface area contributed by atoms with Crippen LogP contribution in [-0.2, 0) is 11.3 Å².